The molecule has 0 aliphatic heterocycles. The SMILES string of the molecule is C=Cc1c(C=O)nc(C2CC2)nc1NCc1ccco1. The van der Waals surface area contributed by atoms with Crippen LogP contribution in [0.25, 0.3) is 6.08 Å². The van der Waals surface area contributed by atoms with Crippen molar-refractivity contribution in [3.05, 3.63) is 47.8 Å². The van der Waals surface area contributed by atoms with Crippen molar-refractivity contribution < 1.29 is 9.21 Å². The first-order chi connectivity index (χ1) is 9.81. The first kappa shape index (κ1) is 12.6. The van der Waals surface area contributed by atoms with Crippen molar-refractivity contribution in [3.63, 3.8) is 0 Å². The summed E-state index contributed by atoms with van der Waals surface area (Å²) in [6.45, 7) is 4.24. The number of nitrogens with zero attached hydrogens (tertiary/aromatic N) is 2. The minimum absolute atomic E-state index is 0.386. The molecule has 0 aromatic carbocycles. The van der Waals surface area contributed by atoms with Crippen molar-refractivity contribution in [1.29, 1.82) is 0 Å². The molecule has 1 N–H and O–H groups in total. The minimum Gasteiger partial charge on any atom is -0.467 e. The molecule has 3 rings (SSSR count). The third-order valence-electron chi connectivity index (χ3n) is 3.26. The Morgan fingerprint density at radius 1 is 1.45 bits per heavy atom. The highest BCUT2D eigenvalue weighted by Crippen LogP contribution is 2.39. The Morgan fingerprint density at radius 3 is 2.90 bits per heavy atom. The maximum absolute atomic E-state index is 11.2. The van der Waals surface area contributed by atoms with Crippen molar-refractivity contribution in [2.24, 2.45) is 0 Å². The summed E-state index contributed by atoms with van der Waals surface area (Å²) >= 11 is 0. The van der Waals surface area contributed by atoms with Crippen LogP contribution in [0.5, 0.6) is 0 Å². The van der Waals surface area contributed by atoms with Crippen LogP contribution in [0.3, 0.4) is 0 Å². The Balaban J connectivity index is 1.91. The summed E-state index contributed by atoms with van der Waals surface area (Å²) in [6.07, 6.45) is 6.15. The van der Waals surface area contributed by atoms with Crippen LogP contribution in [-0.4, -0.2) is 16.3 Å². The molecule has 0 radical (unpaired) electrons. The standard InChI is InChI=1S/C15H15N3O2/c1-2-12-13(9-19)17-14(10-5-6-10)18-15(12)16-8-11-4-3-7-20-11/h2-4,7,9-10H,1,5-6,8H2,(H,16,17,18). The van der Waals surface area contributed by atoms with Gasteiger partial charge in [0.1, 0.15) is 23.1 Å². The number of furan rings is 1. The molecule has 0 bridgehead atoms. The number of aromatic nitrogens is 2. The summed E-state index contributed by atoms with van der Waals surface area (Å²) in [7, 11) is 0. The number of rotatable bonds is 6. The third-order valence-corrected chi connectivity index (χ3v) is 3.26. The second-order valence-electron chi connectivity index (χ2n) is 4.76. The topological polar surface area (TPSA) is 68.0 Å². The number of hydrogen-bond donors (Lipinski definition) is 1. The Morgan fingerprint density at radius 2 is 2.30 bits per heavy atom. The quantitative estimate of drug-likeness (QED) is 0.816. The molecule has 0 unspecified atom stereocenters. The van der Waals surface area contributed by atoms with E-state index in [9.17, 15) is 4.79 Å². The number of carbonyl (C=O) groups excluding carboxylic acids is 1. The smallest absolute Gasteiger partial charge is 0.169 e. The summed E-state index contributed by atoms with van der Waals surface area (Å²) in [6, 6.07) is 3.71. The molecule has 0 atom stereocenters. The number of carbonyl (C=O) groups is 1. The maximum Gasteiger partial charge on any atom is 0.169 e. The molecule has 1 aliphatic rings. The number of anilines is 1. The van der Waals surface area contributed by atoms with Crippen molar-refractivity contribution in [2.75, 3.05) is 5.32 Å². The summed E-state index contributed by atoms with van der Waals surface area (Å²) in [4.78, 5) is 20.0. The molecule has 20 heavy (non-hydrogen) atoms. The molecular weight excluding hydrogens is 254 g/mol. The first-order valence-corrected chi connectivity index (χ1v) is 6.57. The van der Waals surface area contributed by atoms with Gasteiger partial charge in [0.25, 0.3) is 0 Å². The molecule has 0 spiro atoms. The van der Waals surface area contributed by atoms with E-state index in [-0.39, 0.29) is 0 Å². The lowest BCUT2D eigenvalue weighted by Gasteiger charge is -2.11. The lowest BCUT2D eigenvalue weighted by molar-refractivity contribution is 0.111. The Bertz CT molecular complexity index is 631. The molecule has 1 fully saturated rings. The largest absolute Gasteiger partial charge is 0.467 e. The van der Waals surface area contributed by atoms with E-state index >= 15 is 0 Å². The average molecular weight is 269 g/mol. The van der Waals surface area contributed by atoms with E-state index in [4.69, 9.17) is 4.42 Å². The minimum atomic E-state index is 0.386. The predicted octanol–water partition coefficient (Wildman–Crippen LogP) is 3.01. The van der Waals surface area contributed by atoms with Crippen molar-refractivity contribution in [2.45, 2.75) is 25.3 Å². The van der Waals surface area contributed by atoms with Gasteiger partial charge in [-0.2, -0.15) is 0 Å². The normalized spacial score (nSPS) is 14.0. The van der Waals surface area contributed by atoms with E-state index < -0.39 is 0 Å². The van der Waals surface area contributed by atoms with Crippen molar-refractivity contribution in [1.82, 2.24) is 9.97 Å². The zero-order valence-corrected chi connectivity index (χ0v) is 11.0. The molecule has 2 aromatic rings. The zero-order valence-electron chi connectivity index (χ0n) is 11.0. The van der Waals surface area contributed by atoms with Gasteiger partial charge in [-0.05, 0) is 25.0 Å². The molecule has 1 aliphatic carbocycles. The Kier molecular flexibility index (Phi) is 3.33. The van der Waals surface area contributed by atoms with Crippen LogP contribution < -0.4 is 5.32 Å². The van der Waals surface area contributed by atoms with E-state index in [0.717, 1.165) is 30.7 Å². The third kappa shape index (κ3) is 2.47. The van der Waals surface area contributed by atoms with E-state index in [1.54, 1.807) is 12.3 Å². The van der Waals surface area contributed by atoms with Crippen LogP contribution in [0.15, 0.2) is 29.4 Å². The van der Waals surface area contributed by atoms with Crippen LogP contribution in [0.2, 0.25) is 0 Å². The fourth-order valence-corrected chi connectivity index (χ4v) is 2.04. The zero-order chi connectivity index (χ0) is 13.9. The molecule has 102 valence electrons. The number of nitrogens with one attached hydrogen (secondary N) is 1. The van der Waals surface area contributed by atoms with E-state index in [1.165, 1.54) is 0 Å². The van der Waals surface area contributed by atoms with E-state index in [0.29, 0.717) is 29.5 Å². The molecule has 0 amide bonds. The van der Waals surface area contributed by atoms with E-state index in [2.05, 4.69) is 21.9 Å². The van der Waals surface area contributed by atoms with Crippen LogP contribution >= 0.6 is 0 Å². The fraction of sp³-hybridized carbons (Fsp3) is 0.267. The van der Waals surface area contributed by atoms with Crippen LogP contribution in [0.4, 0.5) is 5.82 Å². The Hall–Kier alpha value is -2.43. The van der Waals surface area contributed by atoms with Gasteiger partial charge in [-0.1, -0.05) is 12.7 Å². The van der Waals surface area contributed by atoms with Gasteiger partial charge in [-0.3, -0.25) is 4.79 Å². The van der Waals surface area contributed by atoms with Crippen LogP contribution in [0.1, 0.15) is 46.4 Å². The van der Waals surface area contributed by atoms with Gasteiger partial charge >= 0.3 is 0 Å². The number of aldehydes is 1. The maximum atomic E-state index is 11.2. The van der Waals surface area contributed by atoms with Gasteiger partial charge in [0.15, 0.2) is 6.29 Å². The Labute approximate surface area is 116 Å². The highest BCUT2D eigenvalue weighted by molar-refractivity contribution is 5.83. The highest BCUT2D eigenvalue weighted by atomic mass is 16.3. The lowest BCUT2D eigenvalue weighted by Crippen LogP contribution is -2.09. The average Bonchev–Trinajstić information content (AvgIpc) is 3.20. The second-order valence-corrected chi connectivity index (χ2v) is 4.76. The molecule has 0 saturated heterocycles. The van der Waals surface area contributed by atoms with Gasteiger partial charge in [0, 0.05) is 11.5 Å². The second kappa shape index (κ2) is 5.28. The highest BCUT2D eigenvalue weighted by Gasteiger charge is 2.28. The molecular formula is C15H15N3O2. The van der Waals surface area contributed by atoms with Gasteiger partial charge in [-0.25, -0.2) is 9.97 Å². The molecule has 2 aromatic heterocycles. The first-order valence-electron chi connectivity index (χ1n) is 6.57. The van der Waals surface area contributed by atoms with Crippen molar-refractivity contribution in [3.8, 4) is 0 Å². The molecule has 2 heterocycles. The predicted molar refractivity (Wildman–Crippen MR) is 75.5 cm³/mol. The van der Waals surface area contributed by atoms with E-state index in [1.807, 2.05) is 12.1 Å². The summed E-state index contributed by atoms with van der Waals surface area (Å²) in [5, 5.41) is 3.19. The van der Waals surface area contributed by atoms with Gasteiger partial charge in [0.05, 0.1) is 12.8 Å². The van der Waals surface area contributed by atoms with Gasteiger partial charge in [-0.15, -0.1) is 0 Å². The van der Waals surface area contributed by atoms with Gasteiger partial charge < -0.3 is 9.73 Å². The van der Waals surface area contributed by atoms with Gasteiger partial charge in [0.2, 0.25) is 0 Å². The fourth-order valence-electron chi connectivity index (χ4n) is 2.04. The number of hydrogen-bond acceptors (Lipinski definition) is 5. The molecule has 1 saturated carbocycles. The van der Waals surface area contributed by atoms with Crippen molar-refractivity contribution >= 4 is 18.2 Å². The summed E-state index contributed by atoms with van der Waals surface area (Å²) in [5.41, 5.74) is 1.02. The molecule has 5 heteroatoms. The summed E-state index contributed by atoms with van der Waals surface area (Å²) < 4.78 is 5.27. The molecule has 5 nitrogen and oxygen atoms in total. The van der Waals surface area contributed by atoms with Crippen LogP contribution in [-0.2, 0) is 6.54 Å². The van der Waals surface area contributed by atoms with Crippen LogP contribution in [0, 0.1) is 0 Å². The lowest BCUT2D eigenvalue weighted by atomic mass is 10.2. The summed E-state index contributed by atoms with van der Waals surface area (Å²) in [5.74, 6) is 2.56. The monoisotopic (exact) mass is 269 g/mol.